The van der Waals surface area contributed by atoms with Crippen molar-refractivity contribution >= 4 is 5.69 Å². The van der Waals surface area contributed by atoms with Crippen molar-refractivity contribution in [3.05, 3.63) is 29.8 Å². The molecule has 0 aromatic heterocycles. The molecule has 1 aliphatic heterocycles. The molecule has 19 heavy (non-hydrogen) atoms. The average Bonchev–Trinajstić information content (AvgIpc) is 2.68. The van der Waals surface area contributed by atoms with Gasteiger partial charge >= 0.3 is 0 Å². The van der Waals surface area contributed by atoms with E-state index < -0.39 is 0 Å². The topological polar surface area (TPSA) is 15.3 Å². The summed E-state index contributed by atoms with van der Waals surface area (Å²) in [5.74, 6) is 0.719. The summed E-state index contributed by atoms with van der Waals surface area (Å²) in [7, 11) is 0. The molecule has 2 rings (SSSR count). The highest BCUT2D eigenvalue weighted by Gasteiger charge is 2.09. The van der Waals surface area contributed by atoms with Gasteiger partial charge in [0.2, 0.25) is 0 Å². The Hall–Kier alpha value is -1.02. The summed E-state index contributed by atoms with van der Waals surface area (Å²) in [6.07, 6.45) is 5.48. The van der Waals surface area contributed by atoms with Crippen LogP contribution in [0.5, 0.6) is 0 Å². The minimum atomic E-state index is 0.719. The van der Waals surface area contributed by atoms with E-state index >= 15 is 0 Å². The summed E-state index contributed by atoms with van der Waals surface area (Å²) >= 11 is 0. The van der Waals surface area contributed by atoms with Crippen LogP contribution in [0.15, 0.2) is 24.3 Å². The lowest BCUT2D eigenvalue weighted by atomic mass is 10.1. The van der Waals surface area contributed by atoms with E-state index in [1.54, 1.807) is 0 Å². The van der Waals surface area contributed by atoms with Gasteiger partial charge < -0.3 is 10.2 Å². The summed E-state index contributed by atoms with van der Waals surface area (Å²) in [4.78, 5) is 2.54. The smallest absolute Gasteiger partial charge is 0.0366 e. The van der Waals surface area contributed by atoms with E-state index in [-0.39, 0.29) is 0 Å². The second-order valence-corrected chi connectivity index (χ2v) is 6.09. The predicted molar refractivity (Wildman–Crippen MR) is 83.7 cm³/mol. The molecule has 2 nitrogen and oxygen atoms in total. The maximum absolute atomic E-state index is 3.50. The molecule has 0 atom stereocenters. The van der Waals surface area contributed by atoms with Gasteiger partial charge in [-0.2, -0.15) is 0 Å². The van der Waals surface area contributed by atoms with Crippen molar-refractivity contribution in [1.82, 2.24) is 5.32 Å². The standard InChI is InChI=1S/C17H28N2/c1-15(2)13-18-14-16-7-9-17(10-8-16)19-11-5-3-4-6-12-19/h7-10,15,18H,3-6,11-14H2,1-2H3. The van der Waals surface area contributed by atoms with E-state index in [0.717, 1.165) is 19.0 Å². The van der Waals surface area contributed by atoms with Gasteiger partial charge in [-0.05, 0) is 43.0 Å². The Labute approximate surface area is 118 Å². The van der Waals surface area contributed by atoms with Gasteiger partial charge in [0.1, 0.15) is 0 Å². The third-order valence-corrected chi connectivity index (χ3v) is 3.79. The lowest BCUT2D eigenvalue weighted by Crippen LogP contribution is -2.23. The molecule has 1 saturated heterocycles. The first-order valence-corrected chi connectivity index (χ1v) is 7.80. The van der Waals surface area contributed by atoms with E-state index in [1.807, 2.05) is 0 Å². The molecule has 1 N–H and O–H groups in total. The van der Waals surface area contributed by atoms with Crippen LogP contribution in [0.25, 0.3) is 0 Å². The van der Waals surface area contributed by atoms with E-state index in [1.165, 1.54) is 50.0 Å². The average molecular weight is 260 g/mol. The maximum Gasteiger partial charge on any atom is 0.0366 e. The predicted octanol–water partition coefficient (Wildman–Crippen LogP) is 3.81. The van der Waals surface area contributed by atoms with Crippen LogP contribution >= 0.6 is 0 Å². The van der Waals surface area contributed by atoms with Crippen LogP contribution in [0.1, 0.15) is 45.1 Å². The highest BCUT2D eigenvalue weighted by Crippen LogP contribution is 2.19. The van der Waals surface area contributed by atoms with Crippen LogP contribution in [-0.2, 0) is 6.54 Å². The second-order valence-electron chi connectivity index (χ2n) is 6.09. The molecule has 0 spiro atoms. The number of rotatable bonds is 5. The SMILES string of the molecule is CC(C)CNCc1ccc(N2CCCCCC2)cc1. The van der Waals surface area contributed by atoms with Crippen LogP contribution in [-0.4, -0.2) is 19.6 Å². The zero-order chi connectivity index (χ0) is 13.5. The number of hydrogen-bond donors (Lipinski definition) is 1. The van der Waals surface area contributed by atoms with Crippen molar-refractivity contribution in [2.45, 2.75) is 46.1 Å². The van der Waals surface area contributed by atoms with Crippen LogP contribution in [0, 0.1) is 5.92 Å². The molecule has 0 aliphatic carbocycles. The van der Waals surface area contributed by atoms with Crippen LogP contribution < -0.4 is 10.2 Å². The quantitative estimate of drug-likeness (QED) is 0.866. The van der Waals surface area contributed by atoms with Crippen molar-refractivity contribution in [3.8, 4) is 0 Å². The van der Waals surface area contributed by atoms with Crippen molar-refractivity contribution in [3.63, 3.8) is 0 Å². The van der Waals surface area contributed by atoms with E-state index in [4.69, 9.17) is 0 Å². The lowest BCUT2D eigenvalue weighted by Gasteiger charge is -2.22. The largest absolute Gasteiger partial charge is 0.372 e. The molecule has 2 heteroatoms. The van der Waals surface area contributed by atoms with Crippen molar-refractivity contribution in [2.75, 3.05) is 24.5 Å². The van der Waals surface area contributed by atoms with E-state index in [0.29, 0.717) is 0 Å². The Bertz CT molecular complexity index is 348. The molecule has 0 amide bonds. The summed E-state index contributed by atoms with van der Waals surface area (Å²) < 4.78 is 0. The zero-order valence-electron chi connectivity index (χ0n) is 12.5. The molecule has 106 valence electrons. The van der Waals surface area contributed by atoms with Gasteiger partial charge in [-0.1, -0.05) is 38.8 Å². The fraction of sp³-hybridized carbons (Fsp3) is 0.647. The van der Waals surface area contributed by atoms with Gasteiger partial charge in [-0.3, -0.25) is 0 Å². The maximum atomic E-state index is 3.50. The first-order chi connectivity index (χ1) is 9.25. The van der Waals surface area contributed by atoms with Crippen molar-refractivity contribution in [2.24, 2.45) is 5.92 Å². The van der Waals surface area contributed by atoms with E-state index in [2.05, 4.69) is 48.3 Å². The first-order valence-electron chi connectivity index (χ1n) is 7.80. The summed E-state index contributed by atoms with van der Waals surface area (Å²) in [6.45, 7) is 9.02. The summed E-state index contributed by atoms with van der Waals surface area (Å²) in [6, 6.07) is 9.12. The number of nitrogens with zero attached hydrogens (tertiary/aromatic N) is 1. The monoisotopic (exact) mass is 260 g/mol. The zero-order valence-corrected chi connectivity index (χ0v) is 12.5. The minimum Gasteiger partial charge on any atom is -0.372 e. The van der Waals surface area contributed by atoms with Gasteiger partial charge in [0, 0.05) is 25.3 Å². The Morgan fingerprint density at radius 2 is 1.63 bits per heavy atom. The molecular weight excluding hydrogens is 232 g/mol. The number of hydrogen-bond acceptors (Lipinski definition) is 2. The van der Waals surface area contributed by atoms with Gasteiger partial charge in [0.15, 0.2) is 0 Å². The third-order valence-electron chi connectivity index (χ3n) is 3.79. The third kappa shape index (κ3) is 4.87. The number of anilines is 1. The first kappa shape index (κ1) is 14.4. The van der Waals surface area contributed by atoms with Gasteiger partial charge in [0.05, 0.1) is 0 Å². The molecule has 0 unspecified atom stereocenters. The molecular formula is C17H28N2. The Morgan fingerprint density at radius 3 is 2.21 bits per heavy atom. The Balaban J connectivity index is 1.86. The molecule has 0 radical (unpaired) electrons. The molecule has 0 bridgehead atoms. The number of nitrogens with one attached hydrogen (secondary N) is 1. The van der Waals surface area contributed by atoms with Crippen molar-refractivity contribution in [1.29, 1.82) is 0 Å². The van der Waals surface area contributed by atoms with Crippen LogP contribution in [0.2, 0.25) is 0 Å². The molecule has 1 heterocycles. The van der Waals surface area contributed by atoms with Crippen LogP contribution in [0.4, 0.5) is 5.69 Å². The Kier molecular flexibility index (Phi) is 5.71. The minimum absolute atomic E-state index is 0.719. The van der Waals surface area contributed by atoms with Crippen molar-refractivity contribution < 1.29 is 0 Å². The fourth-order valence-electron chi connectivity index (χ4n) is 2.66. The molecule has 1 aromatic carbocycles. The summed E-state index contributed by atoms with van der Waals surface area (Å²) in [5.41, 5.74) is 2.79. The number of benzene rings is 1. The summed E-state index contributed by atoms with van der Waals surface area (Å²) in [5, 5.41) is 3.50. The molecule has 0 saturated carbocycles. The van der Waals surface area contributed by atoms with Gasteiger partial charge in [-0.25, -0.2) is 0 Å². The van der Waals surface area contributed by atoms with Gasteiger partial charge in [0.25, 0.3) is 0 Å². The molecule has 1 fully saturated rings. The Morgan fingerprint density at radius 1 is 1.00 bits per heavy atom. The second kappa shape index (κ2) is 7.54. The lowest BCUT2D eigenvalue weighted by molar-refractivity contribution is 0.552. The molecule has 1 aromatic rings. The van der Waals surface area contributed by atoms with E-state index in [9.17, 15) is 0 Å². The highest BCUT2D eigenvalue weighted by molar-refractivity contribution is 5.47. The van der Waals surface area contributed by atoms with Crippen LogP contribution in [0.3, 0.4) is 0 Å². The fourth-order valence-corrected chi connectivity index (χ4v) is 2.66. The molecule has 1 aliphatic rings. The normalized spacial score (nSPS) is 16.7. The van der Waals surface area contributed by atoms with Gasteiger partial charge in [-0.15, -0.1) is 0 Å². The highest BCUT2D eigenvalue weighted by atomic mass is 15.1.